The fraction of sp³-hybridized carbons (Fsp3) is 0.588. The third-order valence-corrected chi connectivity index (χ3v) is 10.2. The maximum atomic E-state index is 14.1. The number of likely N-dealkylation sites (tertiary alicyclic amines) is 1. The van der Waals surface area contributed by atoms with Crippen molar-refractivity contribution in [2.75, 3.05) is 26.3 Å². The number of aromatic nitrogens is 2. The van der Waals surface area contributed by atoms with E-state index in [9.17, 15) is 18.0 Å². The normalized spacial score (nSPS) is 16.6. The van der Waals surface area contributed by atoms with Crippen LogP contribution < -0.4 is 0 Å². The third-order valence-electron chi connectivity index (χ3n) is 8.48. The van der Waals surface area contributed by atoms with Crippen LogP contribution in [0.5, 0.6) is 0 Å². The summed E-state index contributed by atoms with van der Waals surface area (Å²) < 4.78 is 61.9. The minimum atomic E-state index is -4.52. The quantitative estimate of drug-likeness (QED) is 0.163. The molecule has 248 valence electrons. The van der Waals surface area contributed by atoms with Gasteiger partial charge in [-0.2, -0.15) is 18.3 Å². The Kier molecular flexibility index (Phi) is 10.5. The minimum Gasteiger partial charge on any atom is -0.444 e. The number of ether oxygens (including phenoxy) is 3. The number of aryl methyl sites for hydroxylation is 1. The van der Waals surface area contributed by atoms with E-state index in [1.54, 1.807) is 23.4 Å². The summed E-state index contributed by atoms with van der Waals surface area (Å²) in [6.07, 6.45) is -4.28. The number of amides is 1. The predicted octanol–water partition coefficient (Wildman–Crippen LogP) is 8.72. The molecule has 1 saturated heterocycles. The number of hydrogen-bond donors (Lipinski definition) is 0. The lowest BCUT2D eigenvalue weighted by atomic mass is 9.73. The van der Waals surface area contributed by atoms with Gasteiger partial charge in [0.1, 0.15) is 12.3 Å². The number of alkyl halides is 3. The molecule has 11 heteroatoms. The van der Waals surface area contributed by atoms with Gasteiger partial charge in [-0.15, -0.1) is 0 Å². The van der Waals surface area contributed by atoms with Crippen LogP contribution in [0, 0.1) is 6.92 Å². The average Bonchev–Trinajstić information content (AvgIpc) is 3.27. The second-order valence-corrected chi connectivity index (χ2v) is 20.1. The van der Waals surface area contributed by atoms with Gasteiger partial charge in [0.2, 0.25) is 0 Å². The largest absolute Gasteiger partial charge is 0.444 e. The van der Waals surface area contributed by atoms with Crippen molar-refractivity contribution in [2.45, 2.75) is 103 Å². The van der Waals surface area contributed by atoms with Crippen LogP contribution in [0.1, 0.15) is 69.0 Å². The Balaban J connectivity index is 1.59. The van der Waals surface area contributed by atoms with Crippen LogP contribution in [0.2, 0.25) is 25.7 Å². The van der Waals surface area contributed by atoms with Crippen molar-refractivity contribution in [2.24, 2.45) is 0 Å². The SMILES string of the molecule is Cc1c2cc(C(F)(F)F)cc(C(C)OCC3(c4ccccc4)CCN(C(=O)OC(C)(C)C)CC3)c2nn1COCC[Si](C)(C)C. The molecular weight excluding hydrogens is 599 g/mol. The first-order valence-corrected chi connectivity index (χ1v) is 19.4. The Labute approximate surface area is 266 Å². The topological polar surface area (TPSA) is 65.8 Å². The number of piperidine rings is 1. The van der Waals surface area contributed by atoms with Gasteiger partial charge in [-0.1, -0.05) is 50.0 Å². The molecule has 1 atom stereocenters. The first-order chi connectivity index (χ1) is 20.9. The Morgan fingerprint density at radius 1 is 1.07 bits per heavy atom. The summed E-state index contributed by atoms with van der Waals surface area (Å²) in [5.41, 5.74) is 0.817. The molecule has 45 heavy (non-hydrogen) atoms. The van der Waals surface area contributed by atoms with Crippen molar-refractivity contribution in [3.8, 4) is 0 Å². The molecule has 1 fully saturated rings. The highest BCUT2D eigenvalue weighted by atomic mass is 28.3. The van der Waals surface area contributed by atoms with Gasteiger partial charge < -0.3 is 19.1 Å². The van der Waals surface area contributed by atoms with Gasteiger partial charge in [-0.05, 0) is 71.2 Å². The van der Waals surface area contributed by atoms with Crippen molar-refractivity contribution in [1.82, 2.24) is 14.7 Å². The summed E-state index contributed by atoms with van der Waals surface area (Å²) in [5, 5.41) is 5.15. The first-order valence-electron chi connectivity index (χ1n) is 15.7. The van der Waals surface area contributed by atoms with Crippen LogP contribution >= 0.6 is 0 Å². The Bertz CT molecular complexity index is 1450. The van der Waals surface area contributed by atoms with Gasteiger partial charge in [0.05, 0.1) is 23.8 Å². The number of rotatable bonds is 10. The molecule has 4 rings (SSSR count). The maximum Gasteiger partial charge on any atom is 0.416 e. The summed E-state index contributed by atoms with van der Waals surface area (Å²) in [6.45, 7) is 17.9. The van der Waals surface area contributed by atoms with Crippen LogP contribution in [0.4, 0.5) is 18.0 Å². The van der Waals surface area contributed by atoms with E-state index in [1.165, 1.54) is 6.07 Å². The van der Waals surface area contributed by atoms with Gasteiger partial charge in [-0.3, -0.25) is 0 Å². The first kappa shape index (κ1) is 35.0. The molecule has 0 N–H and O–H groups in total. The molecule has 0 bridgehead atoms. The van der Waals surface area contributed by atoms with Gasteiger partial charge in [-0.25, -0.2) is 9.48 Å². The van der Waals surface area contributed by atoms with E-state index < -0.39 is 36.9 Å². The summed E-state index contributed by atoms with van der Waals surface area (Å²) in [6, 6.07) is 13.3. The molecule has 0 spiro atoms. The molecule has 0 radical (unpaired) electrons. The van der Waals surface area contributed by atoms with E-state index in [2.05, 4.69) is 19.6 Å². The van der Waals surface area contributed by atoms with Gasteiger partial charge in [0, 0.05) is 49.8 Å². The lowest BCUT2D eigenvalue weighted by Gasteiger charge is -2.42. The molecule has 1 aliphatic rings. The van der Waals surface area contributed by atoms with E-state index in [0.717, 1.165) is 17.7 Å². The minimum absolute atomic E-state index is 0.173. The van der Waals surface area contributed by atoms with Crippen molar-refractivity contribution in [3.05, 3.63) is 64.8 Å². The monoisotopic (exact) mass is 647 g/mol. The molecule has 0 saturated carbocycles. The van der Waals surface area contributed by atoms with E-state index in [4.69, 9.17) is 19.3 Å². The van der Waals surface area contributed by atoms with E-state index in [1.807, 2.05) is 51.1 Å². The molecular formula is C34H48F3N3O4Si. The smallest absolute Gasteiger partial charge is 0.416 e. The average molecular weight is 648 g/mol. The zero-order valence-corrected chi connectivity index (χ0v) is 28.9. The Morgan fingerprint density at radius 2 is 1.71 bits per heavy atom. The number of nitrogens with zero attached hydrogens (tertiary/aromatic N) is 3. The molecule has 1 amide bonds. The number of carbonyl (C=O) groups excluding carboxylic acids is 1. The highest BCUT2D eigenvalue weighted by Gasteiger charge is 2.40. The number of fused-ring (bicyclic) bond motifs is 1. The van der Waals surface area contributed by atoms with Gasteiger partial charge >= 0.3 is 12.3 Å². The standard InChI is InChI=1S/C34H48F3N3O4Si/c1-24-28-20-27(34(35,36)37)21-29(30(28)38-40(24)23-42-18-19-45(6,7)8)25(2)43-22-33(26-12-10-9-11-13-26)14-16-39(17-15-33)31(41)44-32(3,4)5/h9-13,20-21,25H,14-19,22-23H2,1-8H3. The molecule has 1 aliphatic heterocycles. The van der Waals surface area contributed by atoms with Crippen molar-refractivity contribution >= 4 is 25.1 Å². The van der Waals surface area contributed by atoms with Gasteiger partial charge in [0.15, 0.2) is 0 Å². The van der Waals surface area contributed by atoms with Crippen LogP contribution in [0.15, 0.2) is 42.5 Å². The Morgan fingerprint density at radius 3 is 2.29 bits per heavy atom. The summed E-state index contributed by atoms with van der Waals surface area (Å²) in [7, 11) is -1.29. The van der Waals surface area contributed by atoms with E-state index in [0.29, 0.717) is 54.7 Å². The van der Waals surface area contributed by atoms with Crippen LogP contribution in [-0.2, 0) is 32.5 Å². The summed E-state index contributed by atoms with van der Waals surface area (Å²) in [5.74, 6) is 0. The molecule has 1 unspecified atom stereocenters. The number of carbonyl (C=O) groups is 1. The van der Waals surface area contributed by atoms with Crippen molar-refractivity contribution in [3.63, 3.8) is 0 Å². The summed E-state index contributed by atoms with van der Waals surface area (Å²) in [4.78, 5) is 14.5. The number of benzene rings is 2. The molecule has 3 aromatic rings. The lowest BCUT2D eigenvalue weighted by Crippen LogP contribution is -2.48. The van der Waals surface area contributed by atoms with Crippen molar-refractivity contribution in [1.29, 1.82) is 0 Å². The fourth-order valence-corrected chi connectivity index (χ4v) is 6.39. The predicted molar refractivity (Wildman–Crippen MR) is 173 cm³/mol. The zero-order chi connectivity index (χ0) is 33.2. The highest BCUT2D eigenvalue weighted by Crippen LogP contribution is 2.40. The lowest BCUT2D eigenvalue weighted by molar-refractivity contribution is -0.137. The highest BCUT2D eigenvalue weighted by molar-refractivity contribution is 6.76. The third kappa shape index (κ3) is 8.89. The van der Waals surface area contributed by atoms with Gasteiger partial charge in [0.25, 0.3) is 0 Å². The van der Waals surface area contributed by atoms with E-state index >= 15 is 0 Å². The molecule has 2 aromatic carbocycles. The molecule has 1 aromatic heterocycles. The van der Waals surface area contributed by atoms with Crippen LogP contribution in [0.3, 0.4) is 0 Å². The van der Waals surface area contributed by atoms with Crippen LogP contribution in [-0.4, -0.2) is 60.8 Å². The number of halogens is 3. The second kappa shape index (κ2) is 13.5. The van der Waals surface area contributed by atoms with E-state index in [-0.39, 0.29) is 19.4 Å². The molecule has 2 heterocycles. The summed E-state index contributed by atoms with van der Waals surface area (Å²) >= 11 is 0. The Hall–Kier alpha value is -2.89. The number of hydrogen-bond acceptors (Lipinski definition) is 5. The van der Waals surface area contributed by atoms with Crippen LogP contribution in [0.25, 0.3) is 10.9 Å². The maximum absolute atomic E-state index is 14.1. The molecule has 0 aliphatic carbocycles. The zero-order valence-electron chi connectivity index (χ0n) is 27.9. The van der Waals surface area contributed by atoms with Crippen molar-refractivity contribution < 1.29 is 32.2 Å². The second-order valence-electron chi connectivity index (χ2n) is 14.5. The molecule has 7 nitrogen and oxygen atoms in total. The fourth-order valence-electron chi connectivity index (χ4n) is 5.63.